The molecular formula is C13H16N4O2. The molecule has 0 amide bonds. The normalized spacial score (nSPS) is 10.6. The standard InChI is InChI=1S/C13H16N4O2/c1-10-2-3-11(6-13(10)17(18)19)7-14-5-4-12-8-15-9-16-12/h2-3,6,8-9,14H,4-5,7H2,1H3,(H,15,16). The summed E-state index contributed by atoms with van der Waals surface area (Å²) in [6.07, 6.45) is 4.30. The molecule has 2 rings (SSSR count). The Kier molecular flexibility index (Phi) is 4.25. The van der Waals surface area contributed by atoms with Crippen molar-refractivity contribution in [3.63, 3.8) is 0 Å². The van der Waals surface area contributed by atoms with Crippen molar-refractivity contribution in [2.75, 3.05) is 6.54 Å². The van der Waals surface area contributed by atoms with Gasteiger partial charge < -0.3 is 10.3 Å². The van der Waals surface area contributed by atoms with Crippen molar-refractivity contribution in [3.05, 3.63) is 57.7 Å². The van der Waals surface area contributed by atoms with Crippen molar-refractivity contribution in [2.45, 2.75) is 19.9 Å². The number of nitrogens with one attached hydrogen (secondary N) is 2. The van der Waals surface area contributed by atoms with Gasteiger partial charge in [0.2, 0.25) is 0 Å². The van der Waals surface area contributed by atoms with Crippen LogP contribution in [-0.2, 0) is 13.0 Å². The lowest BCUT2D eigenvalue weighted by atomic mass is 10.1. The molecule has 0 spiro atoms. The number of nitro groups is 1. The molecule has 0 saturated heterocycles. The maximum absolute atomic E-state index is 10.8. The van der Waals surface area contributed by atoms with E-state index in [4.69, 9.17) is 0 Å². The molecule has 0 aliphatic heterocycles. The fourth-order valence-corrected chi connectivity index (χ4v) is 1.84. The Morgan fingerprint density at radius 3 is 3.00 bits per heavy atom. The van der Waals surface area contributed by atoms with Crippen LogP contribution in [0.4, 0.5) is 5.69 Å². The number of hydrogen-bond acceptors (Lipinski definition) is 4. The SMILES string of the molecule is Cc1ccc(CNCCc2cnc[nH]2)cc1[N+](=O)[O-]. The van der Waals surface area contributed by atoms with Crippen LogP contribution < -0.4 is 5.32 Å². The van der Waals surface area contributed by atoms with E-state index in [1.165, 1.54) is 0 Å². The molecule has 0 atom stereocenters. The van der Waals surface area contributed by atoms with E-state index in [0.29, 0.717) is 12.1 Å². The fraction of sp³-hybridized carbons (Fsp3) is 0.308. The highest BCUT2D eigenvalue weighted by Crippen LogP contribution is 2.18. The zero-order valence-electron chi connectivity index (χ0n) is 10.7. The van der Waals surface area contributed by atoms with Gasteiger partial charge in [-0.1, -0.05) is 12.1 Å². The summed E-state index contributed by atoms with van der Waals surface area (Å²) in [6, 6.07) is 5.31. The van der Waals surface area contributed by atoms with Crippen LogP contribution in [0, 0.1) is 17.0 Å². The summed E-state index contributed by atoms with van der Waals surface area (Å²) in [6.45, 7) is 3.16. The first-order chi connectivity index (χ1) is 9.16. The smallest absolute Gasteiger partial charge is 0.272 e. The Balaban J connectivity index is 1.86. The minimum atomic E-state index is -0.344. The van der Waals surface area contributed by atoms with Crippen molar-refractivity contribution in [2.24, 2.45) is 0 Å². The van der Waals surface area contributed by atoms with Gasteiger partial charge >= 0.3 is 0 Å². The molecular weight excluding hydrogens is 244 g/mol. The Labute approximate surface area is 111 Å². The second-order valence-corrected chi connectivity index (χ2v) is 4.38. The Morgan fingerprint density at radius 2 is 2.32 bits per heavy atom. The van der Waals surface area contributed by atoms with Gasteiger partial charge in [-0.25, -0.2) is 4.98 Å². The van der Waals surface area contributed by atoms with Gasteiger partial charge in [0.15, 0.2) is 0 Å². The van der Waals surface area contributed by atoms with E-state index in [1.54, 1.807) is 31.6 Å². The maximum atomic E-state index is 10.8. The van der Waals surface area contributed by atoms with E-state index in [0.717, 1.165) is 24.2 Å². The first-order valence-corrected chi connectivity index (χ1v) is 6.08. The quantitative estimate of drug-likeness (QED) is 0.472. The molecule has 0 unspecified atom stereocenters. The van der Waals surface area contributed by atoms with Crippen LogP contribution in [0.5, 0.6) is 0 Å². The van der Waals surface area contributed by atoms with Crippen LogP contribution >= 0.6 is 0 Å². The van der Waals surface area contributed by atoms with Gasteiger partial charge in [-0.2, -0.15) is 0 Å². The molecule has 0 fully saturated rings. The number of nitro benzene ring substituents is 1. The molecule has 1 aromatic heterocycles. The van der Waals surface area contributed by atoms with E-state index in [2.05, 4.69) is 15.3 Å². The van der Waals surface area contributed by atoms with Crippen molar-refractivity contribution in [3.8, 4) is 0 Å². The van der Waals surface area contributed by atoms with Crippen LogP contribution in [0.2, 0.25) is 0 Å². The summed E-state index contributed by atoms with van der Waals surface area (Å²) in [5, 5.41) is 14.1. The van der Waals surface area contributed by atoms with Gasteiger partial charge in [0.25, 0.3) is 5.69 Å². The predicted octanol–water partition coefficient (Wildman–Crippen LogP) is 1.96. The first kappa shape index (κ1) is 13.2. The zero-order valence-corrected chi connectivity index (χ0v) is 10.7. The van der Waals surface area contributed by atoms with Crippen molar-refractivity contribution >= 4 is 5.69 Å². The number of H-pyrrole nitrogens is 1. The van der Waals surface area contributed by atoms with Gasteiger partial charge in [-0.05, 0) is 12.5 Å². The van der Waals surface area contributed by atoms with Crippen LogP contribution in [0.3, 0.4) is 0 Å². The van der Waals surface area contributed by atoms with Gasteiger partial charge in [-0.15, -0.1) is 0 Å². The number of aromatic amines is 1. The zero-order chi connectivity index (χ0) is 13.7. The maximum Gasteiger partial charge on any atom is 0.272 e. The van der Waals surface area contributed by atoms with E-state index < -0.39 is 0 Å². The number of benzene rings is 1. The average Bonchev–Trinajstić information content (AvgIpc) is 2.89. The highest BCUT2D eigenvalue weighted by molar-refractivity contribution is 5.42. The molecule has 2 aromatic rings. The van der Waals surface area contributed by atoms with Crippen LogP contribution in [0.1, 0.15) is 16.8 Å². The summed E-state index contributed by atoms with van der Waals surface area (Å²) in [5.41, 5.74) is 2.85. The lowest BCUT2D eigenvalue weighted by molar-refractivity contribution is -0.385. The summed E-state index contributed by atoms with van der Waals surface area (Å²) in [7, 11) is 0. The van der Waals surface area contributed by atoms with E-state index >= 15 is 0 Å². The minimum Gasteiger partial charge on any atom is -0.348 e. The van der Waals surface area contributed by atoms with Gasteiger partial charge in [0, 0.05) is 43.0 Å². The lowest BCUT2D eigenvalue weighted by Gasteiger charge is -2.05. The Hall–Kier alpha value is -2.21. The summed E-state index contributed by atoms with van der Waals surface area (Å²) < 4.78 is 0. The number of nitrogens with zero attached hydrogens (tertiary/aromatic N) is 2. The number of rotatable bonds is 6. The molecule has 0 bridgehead atoms. The number of hydrogen-bond donors (Lipinski definition) is 2. The monoisotopic (exact) mass is 260 g/mol. The third kappa shape index (κ3) is 3.62. The van der Waals surface area contributed by atoms with Crippen molar-refractivity contribution in [1.29, 1.82) is 0 Å². The molecule has 0 radical (unpaired) electrons. The van der Waals surface area contributed by atoms with Gasteiger partial charge in [0.05, 0.1) is 11.3 Å². The predicted molar refractivity (Wildman–Crippen MR) is 71.8 cm³/mol. The van der Waals surface area contributed by atoms with Crippen LogP contribution in [0.15, 0.2) is 30.7 Å². The molecule has 100 valence electrons. The summed E-state index contributed by atoms with van der Waals surface area (Å²) >= 11 is 0. The second kappa shape index (κ2) is 6.10. The number of aryl methyl sites for hydroxylation is 1. The molecule has 19 heavy (non-hydrogen) atoms. The van der Waals surface area contributed by atoms with Crippen LogP contribution in [0.25, 0.3) is 0 Å². The summed E-state index contributed by atoms with van der Waals surface area (Å²) in [5.74, 6) is 0. The van der Waals surface area contributed by atoms with Crippen molar-refractivity contribution < 1.29 is 4.92 Å². The Bertz CT molecular complexity index is 552. The molecule has 1 aromatic carbocycles. The highest BCUT2D eigenvalue weighted by atomic mass is 16.6. The molecule has 0 saturated carbocycles. The number of imidazole rings is 1. The minimum absolute atomic E-state index is 0.174. The molecule has 0 aliphatic carbocycles. The van der Waals surface area contributed by atoms with E-state index in [1.807, 2.05) is 6.07 Å². The molecule has 1 heterocycles. The third-order valence-corrected chi connectivity index (χ3v) is 2.93. The Morgan fingerprint density at radius 1 is 1.47 bits per heavy atom. The van der Waals surface area contributed by atoms with Gasteiger partial charge in [-0.3, -0.25) is 10.1 Å². The largest absolute Gasteiger partial charge is 0.348 e. The average molecular weight is 260 g/mol. The molecule has 6 nitrogen and oxygen atoms in total. The van der Waals surface area contributed by atoms with E-state index in [-0.39, 0.29) is 10.6 Å². The molecule has 0 aliphatic rings. The first-order valence-electron chi connectivity index (χ1n) is 6.08. The molecule has 6 heteroatoms. The molecule has 2 N–H and O–H groups in total. The third-order valence-electron chi connectivity index (χ3n) is 2.93. The van der Waals surface area contributed by atoms with E-state index in [9.17, 15) is 10.1 Å². The van der Waals surface area contributed by atoms with Gasteiger partial charge in [0.1, 0.15) is 0 Å². The topological polar surface area (TPSA) is 83.8 Å². The van der Waals surface area contributed by atoms with Crippen LogP contribution in [-0.4, -0.2) is 21.4 Å². The lowest BCUT2D eigenvalue weighted by Crippen LogP contribution is -2.16. The summed E-state index contributed by atoms with van der Waals surface area (Å²) in [4.78, 5) is 17.5. The number of aromatic nitrogens is 2. The fourth-order valence-electron chi connectivity index (χ4n) is 1.84. The second-order valence-electron chi connectivity index (χ2n) is 4.38. The highest BCUT2D eigenvalue weighted by Gasteiger charge is 2.10. The van der Waals surface area contributed by atoms with Crippen molar-refractivity contribution in [1.82, 2.24) is 15.3 Å².